The number of hydrogen-bond donors (Lipinski definition) is 1. The Kier molecular flexibility index (Phi) is 7.83. The van der Waals surface area contributed by atoms with Gasteiger partial charge in [0, 0.05) is 71.3 Å². The van der Waals surface area contributed by atoms with Crippen LogP contribution in [0.5, 0.6) is 0 Å². The number of aromatic nitrogens is 2. The van der Waals surface area contributed by atoms with Crippen molar-refractivity contribution in [1.82, 2.24) is 25.1 Å². The fourth-order valence-electron chi connectivity index (χ4n) is 7.26. The number of nitro benzene ring substituents is 2. The van der Waals surface area contributed by atoms with Crippen molar-refractivity contribution in [2.45, 2.75) is 19.3 Å². The molecule has 0 radical (unpaired) electrons. The minimum absolute atomic E-state index is 0.0754. The molecule has 0 spiro atoms. The highest BCUT2D eigenvalue weighted by molar-refractivity contribution is 6.30. The number of imide groups is 2. The van der Waals surface area contributed by atoms with Gasteiger partial charge in [0.15, 0.2) is 0 Å². The number of nitrogens with one attached hydrogen (secondary N) is 1. The van der Waals surface area contributed by atoms with E-state index >= 15 is 0 Å². The standard InChI is InChI=1S/C37H27N7O8/c45-34-26-16-20(43(49)50)14-24-22-6-3-10-39-30(22)18-28(32(24)26)36(47)41(34)12-2-1-8-38-9-5-13-42-35(46)27-17-21(44(51)52)15-25-23-7-4-11-40-31(23)19-29(33(25)27)37(42)48/h3-4,6-7,10-11,14-19,38H,1-2,5,8-9,12-13H2. The van der Waals surface area contributed by atoms with Crippen molar-refractivity contribution in [3.05, 3.63) is 116 Å². The first-order valence-corrected chi connectivity index (χ1v) is 16.6. The summed E-state index contributed by atoms with van der Waals surface area (Å²) >= 11 is 0. The first-order valence-electron chi connectivity index (χ1n) is 16.6. The number of carbonyl (C=O) groups excluding carboxylic acids is 4. The smallest absolute Gasteiger partial charge is 0.270 e. The number of non-ortho nitro benzene ring substituents is 2. The van der Waals surface area contributed by atoms with Gasteiger partial charge < -0.3 is 5.32 Å². The molecular formula is C37H27N7O8. The van der Waals surface area contributed by atoms with Crippen molar-refractivity contribution < 1.29 is 29.0 Å². The molecular weight excluding hydrogens is 670 g/mol. The van der Waals surface area contributed by atoms with Gasteiger partial charge in [0.2, 0.25) is 0 Å². The van der Waals surface area contributed by atoms with Crippen LogP contribution in [0.2, 0.25) is 0 Å². The quantitative estimate of drug-likeness (QED) is 0.0585. The number of nitrogens with zero attached hydrogens (tertiary/aromatic N) is 6. The second kappa shape index (κ2) is 12.5. The van der Waals surface area contributed by atoms with E-state index in [4.69, 9.17) is 0 Å². The Labute approximate surface area is 293 Å². The number of pyridine rings is 2. The van der Waals surface area contributed by atoms with E-state index in [1.54, 1.807) is 48.8 Å². The van der Waals surface area contributed by atoms with Crippen LogP contribution in [0.1, 0.15) is 60.7 Å². The van der Waals surface area contributed by atoms with Crippen molar-refractivity contribution in [3.8, 4) is 0 Å². The lowest BCUT2D eigenvalue weighted by Crippen LogP contribution is -2.42. The third-order valence-electron chi connectivity index (χ3n) is 9.65. The van der Waals surface area contributed by atoms with Crippen LogP contribution < -0.4 is 5.32 Å². The van der Waals surface area contributed by atoms with Crippen molar-refractivity contribution in [1.29, 1.82) is 0 Å². The highest BCUT2D eigenvalue weighted by atomic mass is 16.6. The number of hydrogen-bond acceptors (Lipinski definition) is 11. The van der Waals surface area contributed by atoms with Gasteiger partial charge >= 0.3 is 0 Å². The van der Waals surface area contributed by atoms with Crippen LogP contribution in [0.3, 0.4) is 0 Å². The average molecular weight is 698 g/mol. The summed E-state index contributed by atoms with van der Waals surface area (Å²) in [6.45, 7) is 1.12. The number of fused-ring (bicyclic) bond motifs is 4. The third-order valence-corrected chi connectivity index (χ3v) is 9.65. The third kappa shape index (κ3) is 5.17. The molecule has 258 valence electrons. The van der Waals surface area contributed by atoms with Crippen LogP contribution in [0.25, 0.3) is 43.4 Å². The van der Waals surface area contributed by atoms with E-state index in [1.165, 1.54) is 24.3 Å². The molecule has 0 atom stereocenters. The largest absolute Gasteiger partial charge is 0.317 e. The van der Waals surface area contributed by atoms with Crippen LogP contribution in [-0.2, 0) is 0 Å². The topological polar surface area (TPSA) is 199 Å². The van der Waals surface area contributed by atoms with Crippen molar-refractivity contribution in [2.24, 2.45) is 0 Å². The van der Waals surface area contributed by atoms with E-state index in [1.807, 2.05) is 0 Å². The van der Waals surface area contributed by atoms with Crippen molar-refractivity contribution in [3.63, 3.8) is 0 Å². The Morgan fingerprint density at radius 3 is 1.44 bits per heavy atom. The van der Waals surface area contributed by atoms with Gasteiger partial charge in [-0.1, -0.05) is 12.1 Å². The second-order valence-electron chi connectivity index (χ2n) is 12.7. The minimum atomic E-state index is -0.600. The zero-order chi connectivity index (χ0) is 36.3. The molecule has 0 unspecified atom stereocenters. The van der Waals surface area contributed by atoms with E-state index in [9.17, 15) is 39.4 Å². The monoisotopic (exact) mass is 697 g/mol. The van der Waals surface area contributed by atoms with Gasteiger partial charge in [0.05, 0.1) is 43.1 Å². The molecule has 4 amide bonds. The second-order valence-corrected chi connectivity index (χ2v) is 12.7. The molecule has 15 heteroatoms. The molecule has 15 nitrogen and oxygen atoms in total. The van der Waals surface area contributed by atoms with E-state index in [0.717, 1.165) is 9.80 Å². The molecule has 4 aromatic carbocycles. The Morgan fingerprint density at radius 2 is 0.981 bits per heavy atom. The van der Waals surface area contributed by atoms with E-state index in [0.29, 0.717) is 75.7 Å². The zero-order valence-corrected chi connectivity index (χ0v) is 27.3. The summed E-state index contributed by atoms with van der Waals surface area (Å²) in [6, 6.07) is 15.3. The van der Waals surface area contributed by atoms with E-state index < -0.39 is 33.5 Å². The summed E-state index contributed by atoms with van der Waals surface area (Å²) < 4.78 is 0. The molecule has 8 rings (SSSR count). The average Bonchev–Trinajstić information content (AvgIpc) is 3.15. The maximum Gasteiger partial charge on any atom is 0.270 e. The molecule has 0 saturated carbocycles. The summed E-state index contributed by atoms with van der Waals surface area (Å²) in [5.41, 5.74) is 1.19. The highest BCUT2D eigenvalue weighted by Crippen LogP contribution is 2.39. The van der Waals surface area contributed by atoms with Gasteiger partial charge in [0.1, 0.15) is 0 Å². The lowest BCUT2D eigenvalue weighted by Gasteiger charge is -2.28. The predicted octanol–water partition coefficient (Wildman–Crippen LogP) is 5.56. The summed E-state index contributed by atoms with van der Waals surface area (Å²) in [5, 5.41) is 29.6. The first-order chi connectivity index (χ1) is 25.1. The first kappa shape index (κ1) is 32.5. The molecule has 0 aliphatic carbocycles. The summed E-state index contributed by atoms with van der Waals surface area (Å²) in [7, 11) is 0. The van der Waals surface area contributed by atoms with Gasteiger partial charge in [-0.15, -0.1) is 0 Å². The van der Waals surface area contributed by atoms with Gasteiger partial charge in [-0.2, -0.15) is 0 Å². The molecule has 4 heterocycles. The molecule has 1 N–H and O–H groups in total. The minimum Gasteiger partial charge on any atom is -0.317 e. The number of nitro groups is 2. The number of benzene rings is 4. The SMILES string of the molecule is O=C1c2cc([N+](=O)[O-])cc3c2c(cc2ncccc23)C(=O)N1CCCCNCCCN1C(=O)c2cc([N+](=O)[O-])cc3c2c(cc2ncccc23)C1=O. The lowest BCUT2D eigenvalue weighted by atomic mass is 9.90. The zero-order valence-electron chi connectivity index (χ0n) is 27.3. The highest BCUT2D eigenvalue weighted by Gasteiger charge is 2.36. The molecule has 0 fully saturated rings. The molecule has 2 aromatic heterocycles. The van der Waals surface area contributed by atoms with Crippen LogP contribution in [-0.4, -0.2) is 79.4 Å². The number of unbranched alkanes of at least 4 members (excludes halogenated alkanes) is 1. The fraction of sp³-hybridized carbons (Fsp3) is 0.189. The molecule has 6 aromatic rings. The molecule has 2 aliphatic heterocycles. The Balaban J connectivity index is 0.904. The number of amides is 4. The summed E-state index contributed by atoms with van der Waals surface area (Å²) in [4.78, 5) is 87.4. The molecule has 0 saturated heterocycles. The van der Waals surface area contributed by atoms with Gasteiger partial charge in [-0.05, 0) is 67.4 Å². The number of rotatable bonds is 11. The van der Waals surface area contributed by atoms with Crippen LogP contribution in [0.15, 0.2) is 73.1 Å². The Morgan fingerprint density at radius 1 is 0.558 bits per heavy atom. The van der Waals surface area contributed by atoms with Crippen LogP contribution in [0.4, 0.5) is 11.4 Å². The normalized spacial score (nSPS) is 14.0. The Hall–Kier alpha value is -6.74. The number of carbonyl (C=O) groups is 4. The van der Waals surface area contributed by atoms with Gasteiger partial charge in [-0.25, -0.2) is 0 Å². The van der Waals surface area contributed by atoms with Crippen molar-refractivity contribution >= 4 is 78.4 Å². The fourth-order valence-corrected chi connectivity index (χ4v) is 7.26. The van der Waals surface area contributed by atoms with Gasteiger partial charge in [-0.3, -0.25) is 59.2 Å². The van der Waals surface area contributed by atoms with Crippen LogP contribution in [0, 0.1) is 20.2 Å². The van der Waals surface area contributed by atoms with Gasteiger partial charge in [0.25, 0.3) is 35.0 Å². The molecule has 52 heavy (non-hydrogen) atoms. The predicted molar refractivity (Wildman–Crippen MR) is 189 cm³/mol. The van der Waals surface area contributed by atoms with E-state index in [2.05, 4.69) is 15.3 Å². The maximum absolute atomic E-state index is 13.6. The summed E-state index contributed by atoms with van der Waals surface area (Å²) in [6.07, 6.45) is 4.57. The maximum atomic E-state index is 13.6. The molecule has 2 aliphatic rings. The van der Waals surface area contributed by atoms with E-state index in [-0.39, 0.29) is 46.7 Å². The lowest BCUT2D eigenvalue weighted by molar-refractivity contribution is -0.384. The molecule has 0 bridgehead atoms. The van der Waals surface area contributed by atoms with Crippen molar-refractivity contribution in [2.75, 3.05) is 26.2 Å². The Bertz CT molecular complexity index is 2430. The van der Waals surface area contributed by atoms with Crippen LogP contribution >= 0.6 is 0 Å². The summed E-state index contributed by atoms with van der Waals surface area (Å²) in [5.74, 6) is -2.17.